The first-order valence-corrected chi connectivity index (χ1v) is 7.69. The third-order valence-electron chi connectivity index (χ3n) is 3.56. The SMILES string of the molecule is COc1ccc(Cl)cc1C(=O)OCc1nc2ccccc2nc1C. The number of carbonyl (C=O) groups excluding carboxylic acids is 1. The van der Waals surface area contributed by atoms with Crippen molar-refractivity contribution in [3.63, 3.8) is 0 Å². The molecule has 0 aliphatic heterocycles. The largest absolute Gasteiger partial charge is 0.496 e. The van der Waals surface area contributed by atoms with E-state index in [4.69, 9.17) is 21.1 Å². The van der Waals surface area contributed by atoms with Gasteiger partial charge in [0.15, 0.2) is 0 Å². The second-order valence-corrected chi connectivity index (χ2v) is 5.60. The molecule has 5 nitrogen and oxygen atoms in total. The van der Waals surface area contributed by atoms with Gasteiger partial charge in [0.1, 0.15) is 17.9 Å². The van der Waals surface area contributed by atoms with E-state index in [-0.39, 0.29) is 12.2 Å². The molecule has 0 atom stereocenters. The zero-order valence-corrected chi connectivity index (χ0v) is 14.0. The Morgan fingerprint density at radius 2 is 1.83 bits per heavy atom. The highest BCUT2D eigenvalue weighted by Gasteiger charge is 2.16. The van der Waals surface area contributed by atoms with Gasteiger partial charge in [0.2, 0.25) is 0 Å². The number of nitrogens with zero attached hydrogens (tertiary/aromatic N) is 2. The Morgan fingerprint density at radius 1 is 1.12 bits per heavy atom. The molecule has 0 N–H and O–H groups in total. The van der Waals surface area contributed by atoms with Gasteiger partial charge in [-0.3, -0.25) is 0 Å². The number of aromatic nitrogens is 2. The fourth-order valence-electron chi connectivity index (χ4n) is 2.31. The number of para-hydroxylation sites is 2. The van der Waals surface area contributed by atoms with Crippen molar-refractivity contribution in [1.29, 1.82) is 0 Å². The summed E-state index contributed by atoms with van der Waals surface area (Å²) in [5.41, 5.74) is 3.18. The quantitative estimate of drug-likeness (QED) is 0.672. The van der Waals surface area contributed by atoms with Gasteiger partial charge in [0.05, 0.1) is 29.5 Å². The smallest absolute Gasteiger partial charge is 0.342 e. The van der Waals surface area contributed by atoms with E-state index in [1.807, 2.05) is 31.2 Å². The third-order valence-corrected chi connectivity index (χ3v) is 3.80. The number of ether oxygens (including phenoxy) is 2. The number of hydrogen-bond acceptors (Lipinski definition) is 5. The summed E-state index contributed by atoms with van der Waals surface area (Å²) in [6.07, 6.45) is 0. The molecule has 3 rings (SSSR count). The molecule has 0 aliphatic rings. The Labute approximate surface area is 144 Å². The number of aryl methyl sites for hydroxylation is 1. The van der Waals surface area contributed by atoms with Gasteiger partial charge in [-0.25, -0.2) is 14.8 Å². The van der Waals surface area contributed by atoms with Crippen LogP contribution in [0.4, 0.5) is 0 Å². The van der Waals surface area contributed by atoms with Crippen molar-refractivity contribution < 1.29 is 14.3 Å². The highest BCUT2D eigenvalue weighted by atomic mass is 35.5. The fraction of sp³-hybridized carbons (Fsp3) is 0.167. The molecule has 0 radical (unpaired) electrons. The zero-order chi connectivity index (χ0) is 17.1. The van der Waals surface area contributed by atoms with Crippen LogP contribution >= 0.6 is 11.6 Å². The third kappa shape index (κ3) is 3.31. The minimum atomic E-state index is -0.524. The van der Waals surface area contributed by atoms with Gasteiger partial charge in [-0.2, -0.15) is 0 Å². The Bertz CT molecular complexity index is 912. The van der Waals surface area contributed by atoms with Crippen molar-refractivity contribution in [2.75, 3.05) is 7.11 Å². The molecule has 1 aromatic heterocycles. The van der Waals surface area contributed by atoms with Gasteiger partial charge in [0.25, 0.3) is 0 Å². The second-order valence-electron chi connectivity index (χ2n) is 5.17. The van der Waals surface area contributed by atoms with Crippen LogP contribution in [0.3, 0.4) is 0 Å². The van der Waals surface area contributed by atoms with E-state index in [0.717, 1.165) is 16.7 Å². The number of methoxy groups -OCH3 is 1. The molecule has 0 fully saturated rings. The molecule has 24 heavy (non-hydrogen) atoms. The second kappa shape index (κ2) is 6.84. The highest BCUT2D eigenvalue weighted by molar-refractivity contribution is 6.31. The lowest BCUT2D eigenvalue weighted by Crippen LogP contribution is -2.09. The van der Waals surface area contributed by atoms with Crippen molar-refractivity contribution in [2.45, 2.75) is 13.5 Å². The monoisotopic (exact) mass is 342 g/mol. The number of fused-ring (bicyclic) bond motifs is 1. The van der Waals surface area contributed by atoms with Crippen LogP contribution in [0.2, 0.25) is 5.02 Å². The molecule has 6 heteroatoms. The minimum absolute atomic E-state index is 0.0260. The number of halogens is 1. The van der Waals surface area contributed by atoms with E-state index >= 15 is 0 Å². The summed E-state index contributed by atoms with van der Waals surface area (Å²) in [6.45, 7) is 1.86. The van der Waals surface area contributed by atoms with Gasteiger partial charge >= 0.3 is 5.97 Å². The molecule has 0 amide bonds. The maximum Gasteiger partial charge on any atom is 0.342 e. The Balaban J connectivity index is 1.82. The molecule has 0 saturated carbocycles. The number of rotatable bonds is 4. The summed E-state index contributed by atoms with van der Waals surface area (Å²) in [5, 5.41) is 0.435. The van der Waals surface area contributed by atoms with Crippen molar-refractivity contribution in [1.82, 2.24) is 9.97 Å². The number of carbonyl (C=O) groups is 1. The summed E-state index contributed by atoms with van der Waals surface area (Å²) in [4.78, 5) is 21.3. The zero-order valence-electron chi connectivity index (χ0n) is 13.2. The first-order valence-electron chi connectivity index (χ1n) is 7.31. The molecule has 0 saturated heterocycles. The van der Waals surface area contributed by atoms with Crippen LogP contribution in [-0.4, -0.2) is 23.0 Å². The van der Waals surface area contributed by atoms with Crippen LogP contribution in [0.25, 0.3) is 11.0 Å². The number of hydrogen-bond donors (Lipinski definition) is 0. The Kier molecular flexibility index (Phi) is 4.62. The van der Waals surface area contributed by atoms with E-state index in [9.17, 15) is 4.79 Å². The lowest BCUT2D eigenvalue weighted by molar-refractivity contribution is 0.0463. The van der Waals surface area contributed by atoms with Gasteiger partial charge in [0, 0.05) is 5.02 Å². The molecule has 3 aromatic rings. The van der Waals surface area contributed by atoms with Crippen LogP contribution in [0.5, 0.6) is 5.75 Å². The minimum Gasteiger partial charge on any atom is -0.496 e. The summed E-state index contributed by atoms with van der Waals surface area (Å²) >= 11 is 5.94. The topological polar surface area (TPSA) is 61.3 Å². The Hall–Kier alpha value is -2.66. The predicted molar refractivity (Wildman–Crippen MR) is 91.4 cm³/mol. The highest BCUT2D eigenvalue weighted by Crippen LogP contribution is 2.24. The molecule has 0 unspecified atom stereocenters. The maximum atomic E-state index is 12.3. The normalized spacial score (nSPS) is 10.6. The van der Waals surface area contributed by atoms with Crippen LogP contribution in [0.15, 0.2) is 42.5 Å². The molecule has 1 heterocycles. The number of esters is 1. The molecule has 2 aromatic carbocycles. The summed E-state index contributed by atoms with van der Waals surface area (Å²) in [7, 11) is 1.49. The first-order chi connectivity index (χ1) is 11.6. The predicted octanol–water partition coefficient (Wildman–Crippen LogP) is 3.96. The van der Waals surface area contributed by atoms with Crippen LogP contribution in [-0.2, 0) is 11.3 Å². The summed E-state index contributed by atoms with van der Waals surface area (Å²) in [5.74, 6) is -0.116. The van der Waals surface area contributed by atoms with Crippen molar-refractivity contribution >= 4 is 28.6 Å². The van der Waals surface area contributed by atoms with Crippen molar-refractivity contribution in [2.24, 2.45) is 0 Å². The van der Waals surface area contributed by atoms with Gasteiger partial charge in [-0.1, -0.05) is 23.7 Å². The van der Waals surface area contributed by atoms with Gasteiger partial charge in [-0.05, 0) is 37.3 Å². The molecule has 0 spiro atoms. The Morgan fingerprint density at radius 3 is 2.54 bits per heavy atom. The van der Waals surface area contributed by atoms with E-state index in [1.165, 1.54) is 13.2 Å². The van der Waals surface area contributed by atoms with Crippen LogP contribution < -0.4 is 4.74 Å². The van der Waals surface area contributed by atoms with E-state index in [2.05, 4.69) is 9.97 Å². The number of benzene rings is 2. The molecule has 0 bridgehead atoms. The first kappa shape index (κ1) is 16.2. The van der Waals surface area contributed by atoms with Crippen molar-refractivity contribution in [3.8, 4) is 5.75 Å². The summed E-state index contributed by atoms with van der Waals surface area (Å²) in [6, 6.07) is 12.3. The standard InChI is InChI=1S/C18H15ClN2O3/c1-11-16(21-15-6-4-3-5-14(15)20-11)10-24-18(22)13-9-12(19)7-8-17(13)23-2/h3-9H,10H2,1-2H3. The molecular formula is C18H15ClN2O3. The molecule has 122 valence electrons. The lowest BCUT2D eigenvalue weighted by Gasteiger charge is -2.10. The molecular weight excluding hydrogens is 328 g/mol. The maximum absolute atomic E-state index is 12.3. The lowest BCUT2D eigenvalue weighted by atomic mass is 10.2. The van der Waals surface area contributed by atoms with Gasteiger partial charge < -0.3 is 9.47 Å². The average Bonchev–Trinajstić information content (AvgIpc) is 2.59. The van der Waals surface area contributed by atoms with E-state index in [1.54, 1.807) is 12.1 Å². The average molecular weight is 343 g/mol. The van der Waals surface area contributed by atoms with Crippen LogP contribution in [0, 0.1) is 6.92 Å². The molecule has 0 aliphatic carbocycles. The van der Waals surface area contributed by atoms with E-state index < -0.39 is 5.97 Å². The van der Waals surface area contributed by atoms with Crippen LogP contribution in [0.1, 0.15) is 21.7 Å². The van der Waals surface area contributed by atoms with E-state index in [0.29, 0.717) is 16.5 Å². The van der Waals surface area contributed by atoms with Crippen molar-refractivity contribution in [3.05, 3.63) is 64.4 Å². The summed E-state index contributed by atoms with van der Waals surface area (Å²) < 4.78 is 10.5. The fourth-order valence-corrected chi connectivity index (χ4v) is 2.48. The van der Waals surface area contributed by atoms with Gasteiger partial charge in [-0.15, -0.1) is 0 Å².